The molecule has 2 nitrogen and oxygen atoms in total. The third-order valence-electron chi connectivity index (χ3n) is 3.03. The molecule has 0 saturated heterocycles. The molecular formula is C16H16ClNO. The Morgan fingerprint density at radius 1 is 1.11 bits per heavy atom. The average Bonchev–Trinajstić information content (AvgIpc) is 2.39. The van der Waals surface area contributed by atoms with Crippen LogP contribution in [0.15, 0.2) is 48.5 Å². The van der Waals surface area contributed by atoms with Crippen LogP contribution < -0.4 is 5.32 Å². The molecule has 0 aliphatic rings. The fourth-order valence-corrected chi connectivity index (χ4v) is 2.19. The van der Waals surface area contributed by atoms with Crippen LogP contribution in [0.25, 0.3) is 0 Å². The third-order valence-corrected chi connectivity index (χ3v) is 3.38. The number of nitrogens with one attached hydrogen (secondary N) is 1. The lowest BCUT2D eigenvalue weighted by atomic mass is 10.1. The molecule has 0 radical (unpaired) electrons. The predicted octanol–water partition coefficient (Wildman–Crippen LogP) is 4.14. The molecular weight excluding hydrogens is 258 g/mol. The molecule has 98 valence electrons. The first kappa shape index (κ1) is 13.6. The molecule has 0 aliphatic carbocycles. The molecule has 19 heavy (non-hydrogen) atoms. The van der Waals surface area contributed by atoms with E-state index in [1.165, 1.54) is 0 Å². The van der Waals surface area contributed by atoms with E-state index in [-0.39, 0.29) is 11.9 Å². The summed E-state index contributed by atoms with van der Waals surface area (Å²) in [7, 11) is 0. The molecule has 2 aromatic carbocycles. The molecule has 0 aromatic heterocycles. The molecule has 2 aromatic rings. The number of rotatable bonds is 3. The summed E-state index contributed by atoms with van der Waals surface area (Å²) in [5.74, 6) is -0.0904. The summed E-state index contributed by atoms with van der Waals surface area (Å²) in [5, 5.41) is 3.62. The van der Waals surface area contributed by atoms with Crippen LogP contribution in [0.1, 0.15) is 34.5 Å². The van der Waals surface area contributed by atoms with E-state index in [4.69, 9.17) is 11.6 Å². The molecule has 1 N–H and O–H groups in total. The summed E-state index contributed by atoms with van der Waals surface area (Å²) in [4.78, 5) is 12.1. The van der Waals surface area contributed by atoms with Crippen LogP contribution in [-0.2, 0) is 0 Å². The van der Waals surface area contributed by atoms with Crippen LogP contribution >= 0.6 is 11.6 Å². The molecule has 0 spiro atoms. The van der Waals surface area contributed by atoms with Gasteiger partial charge in [-0.15, -0.1) is 0 Å². The standard InChI is InChI=1S/C16H16ClNO/c1-11-7-9-13(10-8-11)16(19)18-12(2)14-5-3-4-6-15(14)17/h3-10,12H,1-2H3,(H,18,19). The molecule has 1 unspecified atom stereocenters. The van der Waals surface area contributed by atoms with Gasteiger partial charge in [-0.25, -0.2) is 0 Å². The van der Waals surface area contributed by atoms with Crippen LogP contribution in [0.4, 0.5) is 0 Å². The van der Waals surface area contributed by atoms with Gasteiger partial charge < -0.3 is 5.32 Å². The minimum Gasteiger partial charge on any atom is -0.345 e. The lowest BCUT2D eigenvalue weighted by Gasteiger charge is -2.15. The molecule has 0 aliphatic heterocycles. The van der Waals surface area contributed by atoms with E-state index < -0.39 is 0 Å². The Morgan fingerprint density at radius 2 is 1.74 bits per heavy atom. The number of aryl methyl sites for hydroxylation is 1. The molecule has 0 saturated carbocycles. The maximum atomic E-state index is 12.1. The van der Waals surface area contributed by atoms with Crippen LogP contribution in [0.3, 0.4) is 0 Å². The Labute approximate surface area is 118 Å². The van der Waals surface area contributed by atoms with Crippen LogP contribution in [0.2, 0.25) is 5.02 Å². The molecule has 0 heterocycles. The highest BCUT2D eigenvalue weighted by Crippen LogP contribution is 2.22. The number of carbonyl (C=O) groups excluding carboxylic acids is 1. The third kappa shape index (κ3) is 3.36. The molecule has 1 atom stereocenters. The van der Waals surface area contributed by atoms with E-state index in [1.807, 2.05) is 62.4 Å². The van der Waals surface area contributed by atoms with Crippen molar-refractivity contribution in [3.63, 3.8) is 0 Å². The summed E-state index contributed by atoms with van der Waals surface area (Å²) in [5.41, 5.74) is 2.71. The minimum atomic E-state index is -0.123. The normalized spacial score (nSPS) is 11.9. The maximum absolute atomic E-state index is 12.1. The Bertz CT molecular complexity index is 578. The smallest absolute Gasteiger partial charge is 0.251 e. The summed E-state index contributed by atoms with van der Waals surface area (Å²) < 4.78 is 0. The second-order valence-electron chi connectivity index (χ2n) is 4.58. The van der Waals surface area contributed by atoms with Gasteiger partial charge in [0, 0.05) is 10.6 Å². The maximum Gasteiger partial charge on any atom is 0.251 e. The SMILES string of the molecule is Cc1ccc(C(=O)NC(C)c2ccccc2Cl)cc1. The number of amides is 1. The lowest BCUT2D eigenvalue weighted by Crippen LogP contribution is -2.26. The highest BCUT2D eigenvalue weighted by atomic mass is 35.5. The highest BCUT2D eigenvalue weighted by molar-refractivity contribution is 6.31. The summed E-state index contributed by atoms with van der Waals surface area (Å²) in [6.07, 6.45) is 0. The van der Waals surface area contributed by atoms with Gasteiger partial charge in [-0.05, 0) is 37.6 Å². The summed E-state index contributed by atoms with van der Waals surface area (Å²) in [6.45, 7) is 3.92. The summed E-state index contributed by atoms with van der Waals surface area (Å²) >= 11 is 6.12. The topological polar surface area (TPSA) is 29.1 Å². The van der Waals surface area contributed by atoms with E-state index in [0.717, 1.165) is 11.1 Å². The van der Waals surface area contributed by atoms with Gasteiger partial charge in [0.05, 0.1) is 6.04 Å². The zero-order chi connectivity index (χ0) is 13.8. The van der Waals surface area contributed by atoms with Gasteiger partial charge in [-0.3, -0.25) is 4.79 Å². The van der Waals surface area contributed by atoms with Crippen LogP contribution in [0, 0.1) is 6.92 Å². The Kier molecular flexibility index (Phi) is 4.23. The summed E-state index contributed by atoms with van der Waals surface area (Å²) in [6, 6.07) is 14.9. The van der Waals surface area contributed by atoms with Crippen molar-refractivity contribution in [2.24, 2.45) is 0 Å². The van der Waals surface area contributed by atoms with E-state index >= 15 is 0 Å². The van der Waals surface area contributed by atoms with Crippen LogP contribution in [-0.4, -0.2) is 5.91 Å². The largest absolute Gasteiger partial charge is 0.345 e. The predicted molar refractivity (Wildman–Crippen MR) is 78.5 cm³/mol. The van der Waals surface area contributed by atoms with Crippen molar-refractivity contribution in [1.82, 2.24) is 5.32 Å². The number of benzene rings is 2. The molecule has 2 rings (SSSR count). The van der Waals surface area contributed by atoms with Crippen molar-refractivity contribution in [3.8, 4) is 0 Å². The van der Waals surface area contributed by atoms with E-state index in [0.29, 0.717) is 10.6 Å². The minimum absolute atomic E-state index is 0.0904. The van der Waals surface area contributed by atoms with Gasteiger partial charge in [-0.1, -0.05) is 47.5 Å². The monoisotopic (exact) mass is 273 g/mol. The second kappa shape index (κ2) is 5.89. The molecule has 1 amide bonds. The quantitative estimate of drug-likeness (QED) is 0.895. The Morgan fingerprint density at radius 3 is 2.37 bits per heavy atom. The highest BCUT2D eigenvalue weighted by Gasteiger charge is 2.13. The average molecular weight is 274 g/mol. The van der Waals surface area contributed by atoms with E-state index in [9.17, 15) is 4.79 Å². The van der Waals surface area contributed by atoms with Crippen molar-refractivity contribution in [1.29, 1.82) is 0 Å². The molecule has 0 fully saturated rings. The van der Waals surface area contributed by atoms with Crippen molar-refractivity contribution in [3.05, 3.63) is 70.2 Å². The number of hydrogen-bond donors (Lipinski definition) is 1. The fourth-order valence-electron chi connectivity index (χ4n) is 1.89. The van der Waals surface area contributed by atoms with Crippen molar-refractivity contribution in [2.75, 3.05) is 0 Å². The van der Waals surface area contributed by atoms with Gasteiger partial charge in [0.1, 0.15) is 0 Å². The van der Waals surface area contributed by atoms with Crippen molar-refractivity contribution in [2.45, 2.75) is 19.9 Å². The fraction of sp³-hybridized carbons (Fsp3) is 0.188. The van der Waals surface area contributed by atoms with Crippen molar-refractivity contribution >= 4 is 17.5 Å². The first-order chi connectivity index (χ1) is 9.08. The zero-order valence-corrected chi connectivity index (χ0v) is 11.7. The van der Waals surface area contributed by atoms with E-state index in [1.54, 1.807) is 0 Å². The lowest BCUT2D eigenvalue weighted by molar-refractivity contribution is 0.0940. The number of carbonyl (C=O) groups is 1. The first-order valence-electron chi connectivity index (χ1n) is 6.20. The number of halogens is 1. The first-order valence-corrected chi connectivity index (χ1v) is 6.57. The second-order valence-corrected chi connectivity index (χ2v) is 4.99. The van der Waals surface area contributed by atoms with Crippen molar-refractivity contribution < 1.29 is 4.79 Å². The van der Waals surface area contributed by atoms with Gasteiger partial charge in [0.15, 0.2) is 0 Å². The van der Waals surface area contributed by atoms with Crippen LogP contribution in [0.5, 0.6) is 0 Å². The van der Waals surface area contributed by atoms with Gasteiger partial charge in [0.2, 0.25) is 0 Å². The van der Waals surface area contributed by atoms with Gasteiger partial charge in [-0.2, -0.15) is 0 Å². The molecule has 0 bridgehead atoms. The van der Waals surface area contributed by atoms with E-state index in [2.05, 4.69) is 5.32 Å². The molecule has 3 heteroatoms. The Balaban J connectivity index is 2.11. The van der Waals surface area contributed by atoms with Gasteiger partial charge in [0.25, 0.3) is 5.91 Å². The zero-order valence-electron chi connectivity index (χ0n) is 11.0. The number of hydrogen-bond acceptors (Lipinski definition) is 1. The Hall–Kier alpha value is -1.80. The van der Waals surface area contributed by atoms with Gasteiger partial charge >= 0.3 is 0 Å².